The Labute approximate surface area is 247 Å². The minimum atomic E-state index is -0.572. The number of carbonyl (C=O) groups excluding carboxylic acids is 4. The third-order valence-corrected chi connectivity index (χ3v) is 7.16. The van der Waals surface area contributed by atoms with Crippen molar-refractivity contribution in [3.8, 4) is 0 Å². The highest BCUT2D eigenvalue weighted by molar-refractivity contribution is 6.08. The highest BCUT2D eigenvalue weighted by atomic mass is 19.1. The number of likely N-dealkylation sites (tertiary alicyclic amines) is 1. The topological polar surface area (TPSA) is 117 Å². The van der Waals surface area contributed by atoms with Crippen molar-refractivity contribution >= 4 is 52.0 Å². The van der Waals surface area contributed by atoms with E-state index in [0.717, 1.165) is 30.6 Å². The molecule has 0 aliphatic carbocycles. The molecule has 5 rings (SSSR count). The van der Waals surface area contributed by atoms with Crippen LogP contribution < -0.4 is 15.5 Å². The Hall–Kier alpha value is -5.32. The van der Waals surface area contributed by atoms with Crippen molar-refractivity contribution in [1.82, 2.24) is 14.5 Å². The largest absolute Gasteiger partial charge is 0.343 e. The molecule has 43 heavy (non-hydrogen) atoms. The molecule has 2 heterocycles. The number of hydrogen-bond acceptors (Lipinski definition) is 5. The van der Waals surface area contributed by atoms with Crippen molar-refractivity contribution in [1.29, 1.82) is 0 Å². The molecule has 4 amide bonds. The molecular weight excluding hydrogens is 551 g/mol. The summed E-state index contributed by atoms with van der Waals surface area (Å²) in [5.74, 6) is -1.32. The lowest BCUT2D eigenvalue weighted by Gasteiger charge is -2.18. The molecule has 11 heteroatoms. The Morgan fingerprint density at radius 3 is 2.37 bits per heavy atom. The zero-order chi connectivity index (χ0) is 30.3. The van der Waals surface area contributed by atoms with Gasteiger partial charge in [0.05, 0.1) is 11.0 Å². The maximum absolute atomic E-state index is 13.1. The lowest BCUT2D eigenvalue weighted by Crippen LogP contribution is -2.26. The van der Waals surface area contributed by atoms with E-state index in [9.17, 15) is 23.6 Å². The van der Waals surface area contributed by atoms with Gasteiger partial charge in [-0.05, 0) is 67.4 Å². The molecule has 0 unspecified atom stereocenters. The number of benzene rings is 3. The molecule has 3 aromatic carbocycles. The first-order valence-electron chi connectivity index (χ1n) is 14.0. The van der Waals surface area contributed by atoms with Gasteiger partial charge in [0.1, 0.15) is 5.82 Å². The van der Waals surface area contributed by atoms with Gasteiger partial charge in [-0.2, -0.15) is 0 Å². The van der Waals surface area contributed by atoms with Crippen molar-refractivity contribution < 1.29 is 23.6 Å². The van der Waals surface area contributed by atoms with E-state index in [4.69, 9.17) is 0 Å². The predicted molar refractivity (Wildman–Crippen MR) is 162 cm³/mol. The third kappa shape index (κ3) is 7.13. The summed E-state index contributed by atoms with van der Waals surface area (Å²) in [5, 5.41) is 5.31. The van der Waals surface area contributed by atoms with E-state index < -0.39 is 17.6 Å². The van der Waals surface area contributed by atoms with Gasteiger partial charge < -0.3 is 19.7 Å². The summed E-state index contributed by atoms with van der Waals surface area (Å²) in [7, 11) is 1.69. The van der Waals surface area contributed by atoms with Crippen molar-refractivity contribution in [2.24, 2.45) is 0 Å². The van der Waals surface area contributed by atoms with Gasteiger partial charge in [-0.1, -0.05) is 18.2 Å². The van der Waals surface area contributed by atoms with Crippen molar-refractivity contribution in [2.45, 2.75) is 25.8 Å². The van der Waals surface area contributed by atoms with Crippen LogP contribution in [0, 0.1) is 5.82 Å². The van der Waals surface area contributed by atoms with E-state index in [-0.39, 0.29) is 17.8 Å². The lowest BCUT2D eigenvalue weighted by molar-refractivity contribution is -0.127. The second-order valence-corrected chi connectivity index (χ2v) is 10.1. The number of amides is 4. The van der Waals surface area contributed by atoms with Gasteiger partial charge in [-0.25, -0.2) is 9.37 Å². The molecule has 220 valence electrons. The van der Waals surface area contributed by atoms with E-state index in [2.05, 4.69) is 15.6 Å². The molecule has 1 aliphatic heterocycles. The summed E-state index contributed by atoms with van der Waals surface area (Å²) < 4.78 is 15.0. The number of halogens is 1. The van der Waals surface area contributed by atoms with Crippen LogP contribution in [0.3, 0.4) is 0 Å². The second kappa shape index (κ2) is 13.1. The van der Waals surface area contributed by atoms with Crippen LogP contribution in [0.4, 0.5) is 21.7 Å². The number of hydrogen-bond donors (Lipinski definition) is 2. The Morgan fingerprint density at radius 2 is 1.67 bits per heavy atom. The zero-order valence-corrected chi connectivity index (χ0v) is 23.6. The standard InChI is InChI=1S/C32H31FN6O4/c1-37(31(43)22-7-3-2-4-8-22)25-14-15-27-26(21-25)35-32(39(27)20-6-19-38-18-5-9-30(38)42)36-29(41)17-16-28(40)34-24-12-10-23(33)11-13-24/h2-4,7-8,10-17,21H,5-6,9,18-20H2,1H3,(H,34,40)(H,35,36,41)/b17-16+. The van der Waals surface area contributed by atoms with Crippen molar-refractivity contribution in [3.05, 3.63) is 96.3 Å². The fraction of sp³-hybridized carbons (Fsp3) is 0.219. The van der Waals surface area contributed by atoms with Crippen LogP contribution >= 0.6 is 0 Å². The van der Waals surface area contributed by atoms with Gasteiger partial charge >= 0.3 is 0 Å². The number of anilines is 3. The molecule has 0 atom stereocenters. The fourth-order valence-electron chi connectivity index (χ4n) is 4.92. The Bertz CT molecular complexity index is 1680. The maximum atomic E-state index is 13.1. The summed E-state index contributed by atoms with van der Waals surface area (Å²) in [6, 6.07) is 19.7. The summed E-state index contributed by atoms with van der Waals surface area (Å²) in [6.45, 7) is 1.80. The average Bonchev–Trinajstić information content (AvgIpc) is 3.58. The van der Waals surface area contributed by atoms with E-state index in [0.29, 0.717) is 48.4 Å². The summed E-state index contributed by atoms with van der Waals surface area (Å²) in [4.78, 5) is 58.1. The average molecular weight is 583 g/mol. The van der Waals surface area contributed by atoms with Gasteiger partial charge in [0.2, 0.25) is 17.8 Å². The summed E-state index contributed by atoms with van der Waals surface area (Å²) in [6.07, 6.45) is 4.22. The molecule has 10 nitrogen and oxygen atoms in total. The van der Waals surface area contributed by atoms with Crippen LogP contribution in [0.5, 0.6) is 0 Å². The number of aryl methyl sites for hydroxylation is 1. The number of fused-ring (bicyclic) bond motifs is 1. The Balaban J connectivity index is 1.34. The molecule has 0 spiro atoms. The van der Waals surface area contributed by atoms with Crippen molar-refractivity contribution in [2.75, 3.05) is 35.7 Å². The number of carbonyl (C=O) groups is 4. The monoisotopic (exact) mass is 582 g/mol. The van der Waals surface area contributed by atoms with Crippen LogP contribution in [0.2, 0.25) is 0 Å². The molecule has 1 aliphatic rings. The first-order valence-corrected chi connectivity index (χ1v) is 14.0. The first kappa shape index (κ1) is 29.2. The normalized spacial score (nSPS) is 13.1. The Morgan fingerprint density at radius 1 is 0.953 bits per heavy atom. The van der Waals surface area contributed by atoms with E-state index in [1.165, 1.54) is 29.2 Å². The third-order valence-electron chi connectivity index (χ3n) is 7.16. The fourth-order valence-corrected chi connectivity index (χ4v) is 4.92. The van der Waals surface area contributed by atoms with Crippen LogP contribution in [0.25, 0.3) is 11.0 Å². The number of rotatable bonds is 10. The smallest absolute Gasteiger partial charge is 0.258 e. The number of nitrogens with one attached hydrogen (secondary N) is 2. The number of aromatic nitrogens is 2. The van der Waals surface area contributed by atoms with E-state index >= 15 is 0 Å². The number of imidazole rings is 1. The molecule has 1 saturated heterocycles. The highest BCUT2D eigenvalue weighted by Gasteiger charge is 2.21. The summed E-state index contributed by atoms with van der Waals surface area (Å²) in [5.41, 5.74) is 2.88. The van der Waals surface area contributed by atoms with Crippen molar-refractivity contribution in [3.63, 3.8) is 0 Å². The second-order valence-electron chi connectivity index (χ2n) is 10.1. The minimum Gasteiger partial charge on any atom is -0.343 e. The van der Waals surface area contributed by atoms with E-state index in [1.54, 1.807) is 37.4 Å². The predicted octanol–water partition coefficient (Wildman–Crippen LogP) is 4.60. The highest BCUT2D eigenvalue weighted by Crippen LogP contribution is 2.26. The number of nitrogens with zero attached hydrogens (tertiary/aromatic N) is 4. The minimum absolute atomic E-state index is 0.142. The molecule has 1 aromatic heterocycles. The molecule has 1 fully saturated rings. The quantitative estimate of drug-likeness (QED) is 0.265. The van der Waals surface area contributed by atoms with Gasteiger partial charge in [0.25, 0.3) is 11.8 Å². The van der Waals surface area contributed by atoms with Gasteiger partial charge in [-0.15, -0.1) is 0 Å². The molecule has 0 radical (unpaired) electrons. The van der Waals surface area contributed by atoms with Gasteiger partial charge in [-0.3, -0.25) is 24.5 Å². The first-order chi connectivity index (χ1) is 20.8. The van der Waals surface area contributed by atoms with Crippen LogP contribution in [0.15, 0.2) is 84.9 Å². The molecule has 4 aromatic rings. The molecule has 0 saturated carbocycles. The van der Waals surface area contributed by atoms with Crippen LogP contribution in [-0.4, -0.2) is 58.2 Å². The maximum Gasteiger partial charge on any atom is 0.258 e. The Kier molecular flexibility index (Phi) is 8.90. The SMILES string of the molecule is CN(C(=O)c1ccccc1)c1ccc2c(c1)nc(NC(=O)/C=C/C(=O)Nc1ccc(F)cc1)n2CCCN1CCCC1=O. The van der Waals surface area contributed by atoms with Crippen LogP contribution in [0.1, 0.15) is 29.6 Å². The van der Waals surface area contributed by atoms with Gasteiger partial charge in [0, 0.05) is 62.2 Å². The molecule has 0 bridgehead atoms. The zero-order valence-electron chi connectivity index (χ0n) is 23.6. The molecular formula is C32H31FN6O4. The van der Waals surface area contributed by atoms with E-state index in [1.807, 2.05) is 27.7 Å². The molecule has 2 N–H and O–H groups in total. The van der Waals surface area contributed by atoms with Gasteiger partial charge in [0.15, 0.2) is 0 Å². The summed E-state index contributed by atoms with van der Waals surface area (Å²) >= 11 is 0. The van der Waals surface area contributed by atoms with Crippen LogP contribution in [-0.2, 0) is 20.9 Å². The lowest BCUT2D eigenvalue weighted by atomic mass is 10.2.